The van der Waals surface area contributed by atoms with Gasteiger partial charge in [0.25, 0.3) is 5.91 Å². The van der Waals surface area contributed by atoms with Crippen molar-refractivity contribution in [2.75, 3.05) is 5.32 Å². The second kappa shape index (κ2) is 7.33. The van der Waals surface area contributed by atoms with E-state index in [9.17, 15) is 4.79 Å². The molecule has 0 radical (unpaired) electrons. The van der Waals surface area contributed by atoms with Gasteiger partial charge in [-0.2, -0.15) is 0 Å². The molecule has 4 rings (SSSR count). The minimum Gasteiger partial charge on any atom is -0.481 e. The highest BCUT2D eigenvalue weighted by Gasteiger charge is 2.15. The van der Waals surface area contributed by atoms with Crippen molar-refractivity contribution < 1.29 is 9.53 Å². The predicted octanol–water partition coefficient (Wildman–Crippen LogP) is 4.64. The topological polar surface area (TPSA) is 67.0 Å². The molecule has 27 heavy (non-hydrogen) atoms. The van der Waals surface area contributed by atoms with Gasteiger partial charge >= 0.3 is 0 Å². The number of aromatic nitrogens is 2. The zero-order chi connectivity index (χ0) is 18.6. The van der Waals surface area contributed by atoms with Crippen LogP contribution in [0.1, 0.15) is 6.92 Å². The fraction of sp³-hybridized carbons (Fsp3) is 0.0909. The average molecular weight is 357 g/mol. The van der Waals surface area contributed by atoms with E-state index >= 15 is 0 Å². The SMILES string of the molecule is C[C@@H](Oc1ccccc1)C(=O)Nc1cccc(-c2nc3ccccc3[nH]2)c1. The Hall–Kier alpha value is -3.60. The smallest absolute Gasteiger partial charge is 0.265 e. The van der Waals surface area contributed by atoms with Crippen molar-refractivity contribution in [1.29, 1.82) is 0 Å². The molecular formula is C22H19N3O2. The molecule has 0 aliphatic carbocycles. The lowest BCUT2D eigenvalue weighted by Crippen LogP contribution is -2.30. The number of nitrogens with one attached hydrogen (secondary N) is 2. The maximum atomic E-state index is 12.4. The maximum Gasteiger partial charge on any atom is 0.265 e. The van der Waals surface area contributed by atoms with Gasteiger partial charge in [0.2, 0.25) is 0 Å². The quantitative estimate of drug-likeness (QED) is 0.547. The summed E-state index contributed by atoms with van der Waals surface area (Å²) in [6.45, 7) is 1.73. The zero-order valence-electron chi connectivity index (χ0n) is 14.8. The van der Waals surface area contributed by atoms with Crippen LogP contribution in [0.5, 0.6) is 5.75 Å². The Labute approximate surface area is 157 Å². The summed E-state index contributed by atoms with van der Waals surface area (Å²) in [5.41, 5.74) is 3.49. The Bertz CT molecular complexity index is 1040. The van der Waals surface area contributed by atoms with Crippen molar-refractivity contribution in [3.05, 3.63) is 78.9 Å². The molecule has 0 saturated carbocycles. The number of ether oxygens (including phenoxy) is 1. The molecule has 5 nitrogen and oxygen atoms in total. The highest BCUT2D eigenvalue weighted by Crippen LogP contribution is 2.23. The maximum absolute atomic E-state index is 12.4. The molecule has 0 aliphatic heterocycles. The lowest BCUT2D eigenvalue weighted by atomic mass is 10.2. The number of hydrogen-bond acceptors (Lipinski definition) is 3. The molecule has 1 amide bonds. The molecule has 0 unspecified atom stereocenters. The van der Waals surface area contributed by atoms with Crippen LogP contribution in [-0.4, -0.2) is 22.0 Å². The molecule has 0 fully saturated rings. The molecule has 5 heteroatoms. The molecule has 0 aliphatic rings. The van der Waals surface area contributed by atoms with Crippen LogP contribution >= 0.6 is 0 Å². The van der Waals surface area contributed by atoms with E-state index in [1.54, 1.807) is 6.92 Å². The molecule has 1 aromatic heterocycles. The molecule has 134 valence electrons. The van der Waals surface area contributed by atoms with E-state index in [0.717, 1.165) is 22.4 Å². The van der Waals surface area contributed by atoms with Gasteiger partial charge in [0.15, 0.2) is 6.10 Å². The van der Waals surface area contributed by atoms with Crippen molar-refractivity contribution in [2.45, 2.75) is 13.0 Å². The molecular weight excluding hydrogens is 338 g/mol. The molecule has 1 heterocycles. The van der Waals surface area contributed by atoms with Gasteiger partial charge in [-0.15, -0.1) is 0 Å². The van der Waals surface area contributed by atoms with E-state index < -0.39 is 6.10 Å². The van der Waals surface area contributed by atoms with Crippen molar-refractivity contribution in [3.8, 4) is 17.1 Å². The third-order valence-electron chi connectivity index (χ3n) is 4.22. The first kappa shape index (κ1) is 16.8. The van der Waals surface area contributed by atoms with E-state index in [0.29, 0.717) is 11.4 Å². The van der Waals surface area contributed by atoms with E-state index in [4.69, 9.17) is 4.74 Å². The lowest BCUT2D eigenvalue weighted by Gasteiger charge is -2.15. The highest BCUT2D eigenvalue weighted by molar-refractivity contribution is 5.94. The minimum absolute atomic E-state index is 0.208. The number of nitrogens with zero attached hydrogens (tertiary/aromatic N) is 1. The molecule has 4 aromatic rings. The van der Waals surface area contributed by atoms with Crippen molar-refractivity contribution in [2.24, 2.45) is 0 Å². The molecule has 2 N–H and O–H groups in total. The molecule has 0 spiro atoms. The number of H-pyrrole nitrogens is 1. The number of imidazole rings is 1. The van der Waals surface area contributed by atoms with Crippen LogP contribution in [0.25, 0.3) is 22.4 Å². The van der Waals surface area contributed by atoms with Crippen molar-refractivity contribution in [3.63, 3.8) is 0 Å². The number of carbonyl (C=O) groups excluding carboxylic acids is 1. The molecule has 0 saturated heterocycles. The summed E-state index contributed by atoms with van der Waals surface area (Å²) in [5, 5.41) is 2.90. The number of anilines is 1. The van der Waals surface area contributed by atoms with Gasteiger partial charge in [-0.1, -0.05) is 42.5 Å². The van der Waals surface area contributed by atoms with E-state index in [2.05, 4.69) is 15.3 Å². The summed E-state index contributed by atoms with van der Waals surface area (Å²) >= 11 is 0. The number of rotatable bonds is 5. The summed E-state index contributed by atoms with van der Waals surface area (Å²) in [7, 11) is 0. The van der Waals surface area contributed by atoms with Crippen LogP contribution in [0.2, 0.25) is 0 Å². The Morgan fingerprint density at radius 2 is 1.78 bits per heavy atom. The third kappa shape index (κ3) is 3.82. The summed E-state index contributed by atoms with van der Waals surface area (Å²) in [6, 6.07) is 24.8. The number of aromatic amines is 1. The Kier molecular flexibility index (Phi) is 4.58. The fourth-order valence-corrected chi connectivity index (χ4v) is 2.83. The normalized spacial score (nSPS) is 11.9. The second-order valence-electron chi connectivity index (χ2n) is 6.25. The third-order valence-corrected chi connectivity index (χ3v) is 4.22. The van der Waals surface area contributed by atoms with Crippen LogP contribution in [0, 0.1) is 0 Å². The Morgan fingerprint density at radius 1 is 1.00 bits per heavy atom. The van der Waals surface area contributed by atoms with Gasteiger partial charge in [-0.3, -0.25) is 4.79 Å². The summed E-state index contributed by atoms with van der Waals surface area (Å²) in [6.07, 6.45) is -0.609. The number of hydrogen-bond donors (Lipinski definition) is 2. The van der Waals surface area contributed by atoms with Crippen LogP contribution < -0.4 is 10.1 Å². The van der Waals surface area contributed by atoms with Crippen LogP contribution in [-0.2, 0) is 4.79 Å². The van der Waals surface area contributed by atoms with Crippen molar-refractivity contribution >= 4 is 22.6 Å². The van der Waals surface area contributed by atoms with Crippen molar-refractivity contribution in [1.82, 2.24) is 9.97 Å². The van der Waals surface area contributed by atoms with E-state index in [1.165, 1.54) is 0 Å². The summed E-state index contributed by atoms with van der Waals surface area (Å²) in [5.74, 6) is 1.22. The number of carbonyl (C=O) groups is 1. The summed E-state index contributed by atoms with van der Waals surface area (Å²) < 4.78 is 5.67. The Balaban J connectivity index is 1.49. The molecule has 1 atom stereocenters. The van der Waals surface area contributed by atoms with E-state index in [1.807, 2.05) is 78.9 Å². The van der Waals surface area contributed by atoms with Gasteiger partial charge in [0.1, 0.15) is 11.6 Å². The first-order valence-corrected chi connectivity index (χ1v) is 8.77. The first-order valence-electron chi connectivity index (χ1n) is 8.77. The number of benzene rings is 3. The standard InChI is InChI=1S/C22H19N3O2/c1-15(27-18-10-3-2-4-11-18)22(26)23-17-9-7-8-16(14-17)21-24-19-12-5-6-13-20(19)25-21/h2-15H,1H3,(H,23,26)(H,24,25)/t15-/m1/s1. The van der Waals surface area contributed by atoms with Crippen LogP contribution in [0.15, 0.2) is 78.9 Å². The second-order valence-corrected chi connectivity index (χ2v) is 6.25. The number of fused-ring (bicyclic) bond motifs is 1. The summed E-state index contributed by atoms with van der Waals surface area (Å²) in [4.78, 5) is 20.3. The minimum atomic E-state index is -0.609. The number of amides is 1. The molecule has 3 aromatic carbocycles. The fourth-order valence-electron chi connectivity index (χ4n) is 2.83. The number of para-hydroxylation sites is 3. The monoisotopic (exact) mass is 357 g/mol. The van der Waals surface area contributed by atoms with Gasteiger partial charge in [-0.05, 0) is 43.3 Å². The van der Waals surface area contributed by atoms with Gasteiger partial charge in [-0.25, -0.2) is 4.98 Å². The van der Waals surface area contributed by atoms with Crippen LogP contribution in [0.4, 0.5) is 5.69 Å². The van der Waals surface area contributed by atoms with Gasteiger partial charge in [0, 0.05) is 11.3 Å². The lowest BCUT2D eigenvalue weighted by molar-refractivity contribution is -0.122. The predicted molar refractivity (Wildman–Crippen MR) is 107 cm³/mol. The van der Waals surface area contributed by atoms with E-state index in [-0.39, 0.29) is 5.91 Å². The molecule has 0 bridgehead atoms. The first-order chi connectivity index (χ1) is 13.2. The average Bonchev–Trinajstić information content (AvgIpc) is 3.13. The Morgan fingerprint density at radius 3 is 2.59 bits per heavy atom. The van der Waals surface area contributed by atoms with Gasteiger partial charge in [0.05, 0.1) is 11.0 Å². The highest BCUT2D eigenvalue weighted by atomic mass is 16.5. The van der Waals surface area contributed by atoms with Gasteiger partial charge < -0.3 is 15.0 Å². The zero-order valence-corrected chi connectivity index (χ0v) is 14.8. The van der Waals surface area contributed by atoms with Crippen LogP contribution in [0.3, 0.4) is 0 Å². The largest absolute Gasteiger partial charge is 0.481 e.